The lowest BCUT2D eigenvalue weighted by atomic mass is 9.93. The number of sulfone groups is 1. The number of furan rings is 1. The van der Waals surface area contributed by atoms with Crippen molar-refractivity contribution in [1.29, 1.82) is 26.3 Å². The average molecular weight is 1490 g/mol. The second-order valence-electron chi connectivity index (χ2n) is 22.7. The summed E-state index contributed by atoms with van der Waals surface area (Å²) in [6.45, 7) is 8.23. The Bertz CT molecular complexity index is 5700. The summed E-state index contributed by atoms with van der Waals surface area (Å²) in [5, 5.41) is 69.3. The van der Waals surface area contributed by atoms with Crippen LogP contribution in [0.3, 0.4) is 0 Å². The summed E-state index contributed by atoms with van der Waals surface area (Å²) in [7, 11) is -2.32. The summed E-state index contributed by atoms with van der Waals surface area (Å²) in [5.41, 5.74) is 12.5. The molecule has 0 spiro atoms. The zero-order valence-corrected chi connectivity index (χ0v) is 61.0. The van der Waals surface area contributed by atoms with Crippen LogP contribution in [0, 0.1) is 69.4 Å². The fourth-order valence-electron chi connectivity index (χ4n) is 9.37. The van der Waals surface area contributed by atoms with Crippen LogP contribution in [0.15, 0.2) is 203 Å². The summed E-state index contributed by atoms with van der Waals surface area (Å²) >= 11 is 5.76. The van der Waals surface area contributed by atoms with Crippen molar-refractivity contribution >= 4 is 109 Å². The number of nitrogen functional groups attached to an aromatic ring is 1. The number of rotatable bonds is 13. The normalized spacial score (nSPS) is 11.2. The van der Waals surface area contributed by atoms with Crippen LogP contribution in [0.5, 0.6) is 5.75 Å². The second kappa shape index (κ2) is 33.0. The first-order chi connectivity index (χ1) is 49.2. The maximum absolute atomic E-state index is 13.2. The molecule has 7 heterocycles. The molecule has 0 fully saturated rings. The van der Waals surface area contributed by atoms with Crippen molar-refractivity contribution in [3.05, 3.63) is 220 Å². The van der Waals surface area contributed by atoms with E-state index in [-0.39, 0.29) is 54.9 Å². The Morgan fingerprint density at radius 3 is 1.97 bits per heavy atom. The number of aromatic nitrogens is 9. The third-order valence-electron chi connectivity index (χ3n) is 14.5. The summed E-state index contributed by atoms with van der Waals surface area (Å²) in [6, 6.07) is 56.4. The van der Waals surface area contributed by atoms with Crippen LogP contribution in [-0.2, 0) is 39.4 Å². The van der Waals surface area contributed by atoms with Crippen LogP contribution in [0.2, 0.25) is 0 Å². The average Bonchev–Trinajstić information content (AvgIpc) is 1.65. The molecule has 24 nitrogen and oxygen atoms in total. The number of methoxy groups -OCH3 is 1. The van der Waals surface area contributed by atoms with Crippen LogP contribution in [0.4, 0.5) is 16.0 Å². The van der Waals surface area contributed by atoms with Gasteiger partial charge in [0.2, 0.25) is 5.03 Å². The van der Waals surface area contributed by atoms with E-state index in [1.54, 1.807) is 59.5 Å². The van der Waals surface area contributed by atoms with Gasteiger partial charge in [0.05, 0.1) is 56.0 Å². The molecule has 0 amide bonds. The summed E-state index contributed by atoms with van der Waals surface area (Å²) in [6.07, 6.45) is 4.35. The number of thiazole rings is 2. The number of thioether (sulfide) groups is 1. The Morgan fingerprint density at radius 2 is 1.39 bits per heavy atom. The van der Waals surface area contributed by atoms with Crippen molar-refractivity contribution in [3.63, 3.8) is 0 Å². The summed E-state index contributed by atoms with van der Waals surface area (Å²) in [5.74, 6) is 2.21. The van der Waals surface area contributed by atoms with Gasteiger partial charge >= 0.3 is 0 Å². The van der Waals surface area contributed by atoms with Crippen LogP contribution >= 0.6 is 46.2 Å². The number of anilines is 2. The molecule has 0 saturated carbocycles. The van der Waals surface area contributed by atoms with E-state index in [4.69, 9.17) is 35.2 Å². The molecule has 7 aromatic heterocycles. The zero-order valence-electron chi connectivity index (χ0n) is 56.1. The molecule has 13 aromatic rings. The number of nitriles is 5. The molecule has 0 aliphatic heterocycles. The molecule has 0 saturated heterocycles. The number of hydrogen-bond acceptors (Lipinski definition) is 25. The van der Waals surface area contributed by atoms with E-state index in [2.05, 4.69) is 66.9 Å². The molecule has 0 atom stereocenters. The van der Waals surface area contributed by atoms with Gasteiger partial charge in [-0.3, -0.25) is 14.1 Å². The molecule has 6 aromatic carbocycles. The van der Waals surface area contributed by atoms with E-state index in [9.17, 15) is 36.9 Å². The van der Waals surface area contributed by atoms with Crippen molar-refractivity contribution in [3.8, 4) is 69.9 Å². The van der Waals surface area contributed by atoms with Crippen LogP contribution in [0.25, 0.3) is 65.6 Å². The van der Waals surface area contributed by atoms with Crippen LogP contribution < -0.4 is 15.2 Å². The first-order valence-electron chi connectivity index (χ1n) is 30.2. The van der Waals surface area contributed by atoms with Gasteiger partial charge < -0.3 is 24.5 Å². The number of sulfonamides is 1. The third kappa shape index (κ3) is 18.3. The van der Waals surface area contributed by atoms with Gasteiger partial charge in [-0.15, -0.1) is 34.4 Å². The predicted molar refractivity (Wildman–Crippen MR) is 394 cm³/mol. The number of aliphatic hydroxyl groups excluding tert-OH is 1. The Balaban J connectivity index is 0.000000150. The Labute approximate surface area is 608 Å². The number of benzene rings is 6. The first-order valence-corrected chi connectivity index (χ1v) is 37.3. The van der Waals surface area contributed by atoms with E-state index in [1.165, 1.54) is 95.3 Å². The molecule has 0 radical (unpaired) electrons. The van der Waals surface area contributed by atoms with Gasteiger partial charge in [-0.05, 0) is 104 Å². The van der Waals surface area contributed by atoms with Crippen molar-refractivity contribution in [2.75, 3.05) is 30.1 Å². The number of nitrogens with zero attached hydrogens (tertiary/aromatic N) is 14. The molecule has 0 aliphatic carbocycles. The minimum absolute atomic E-state index is 0.0433. The molecule has 4 N–H and O–H groups in total. The highest BCUT2D eigenvalue weighted by Crippen LogP contribution is 2.38. The van der Waals surface area contributed by atoms with Gasteiger partial charge in [-0.1, -0.05) is 105 Å². The van der Waals surface area contributed by atoms with Gasteiger partial charge in [-0.25, -0.2) is 41.2 Å². The lowest BCUT2D eigenvalue weighted by molar-refractivity contribution is 0.396. The smallest absolute Gasteiger partial charge is 0.263 e. The number of nitrogens with one attached hydrogen (secondary N) is 1. The van der Waals surface area contributed by atoms with Crippen LogP contribution in [-0.4, -0.2) is 86.2 Å². The highest BCUT2D eigenvalue weighted by atomic mass is 32.2. The van der Waals surface area contributed by atoms with Crippen molar-refractivity contribution in [1.82, 2.24) is 44.7 Å². The number of hydrogen-bond donors (Lipinski definition) is 3. The molecule has 13 rings (SSSR count). The number of halogens is 1. The number of aryl methyl sites for hydroxylation is 3. The number of fused-ring (bicyclic) bond motifs is 2. The molecule has 0 bridgehead atoms. The maximum Gasteiger partial charge on any atom is 0.263 e. The molecular weight excluding hydrogens is 1430 g/mol. The molecule has 31 heteroatoms. The highest BCUT2D eigenvalue weighted by Gasteiger charge is 2.27. The minimum atomic E-state index is -3.75. The number of nitrogens with two attached hydrogens (primary N) is 1. The Hall–Kier alpha value is -12.0. The van der Waals surface area contributed by atoms with Gasteiger partial charge in [0.25, 0.3) is 10.0 Å². The van der Waals surface area contributed by atoms with Gasteiger partial charge in [0.15, 0.2) is 25.1 Å². The number of ether oxygens (including phenoxy) is 1. The summed E-state index contributed by atoms with van der Waals surface area (Å²) in [4.78, 5) is 17.1. The van der Waals surface area contributed by atoms with Crippen molar-refractivity contribution < 1.29 is 40.0 Å². The Kier molecular flexibility index (Phi) is 24.1. The number of allylic oxidation sites excluding steroid dienone is 1. The zero-order chi connectivity index (χ0) is 74.3. The maximum atomic E-state index is 13.2. The molecule has 0 aliphatic rings. The van der Waals surface area contributed by atoms with Crippen LogP contribution in [0.1, 0.15) is 65.1 Å². The first kappa shape index (κ1) is 75.2. The molecular formula is C72H59FN16O8S6. The molecule has 518 valence electrons. The summed E-state index contributed by atoms with van der Waals surface area (Å²) < 4.78 is 85.7. The standard InChI is InChI=1S/C17H14N4O2S.C16H9FN2OS.C15H19N3OS.C12H7N5S2.C12H10N2O4S/c1-21-17(11-16(19-21)14-5-3-2-4-6-14)20-24(22,23)15-9-7-13(12-18)8-10-15;17-11-5-3-4-10(8-11)15(20)12(9-18)16-19-13-6-1-2-7-14(13)21-16;1-9-10(7-12(19-9)15(2,3)4)13-11(8-16)14(20-6)18(5)17-13;13-5-7-6-15-11(17-10(7)14)19-12-16-8-3-1-2-4-9(8)18-12;1-17-9-5-3-4-8(6-9)11-10(7-13)12(14-18-11)19(2,15)16/h2-11,20H,1H3;1-8,20H;7H,1-6H3;1-4,6H,(H2,14,15,17);3-6H,1-2H3/b;15-12-;;;. The van der Waals surface area contributed by atoms with Crippen molar-refractivity contribution in [2.45, 2.75) is 57.6 Å². The molecule has 103 heavy (non-hydrogen) atoms. The lowest BCUT2D eigenvalue weighted by Gasteiger charge is -2.13. The number of aliphatic hydroxyl groups is 1. The minimum Gasteiger partial charge on any atom is -0.506 e. The van der Waals surface area contributed by atoms with E-state index < -0.39 is 25.7 Å². The lowest BCUT2D eigenvalue weighted by Crippen LogP contribution is -2.15. The topological polar surface area (TPSA) is 381 Å². The largest absolute Gasteiger partial charge is 0.506 e. The van der Waals surface area contributed by atoms with E-state index in [1.807, 2.05) is 129 Å². The second-order valence-corrected chi connectivity index (χ2v) is 30.4. The monoisotopic (exact) mass is 1490 g/mol. The fraction of sp³-hybridized carbons (Fsp3) is 0.139. The Morgan fingerprint density at radius 1 is 0.738 bits per heavy atom. The number of para-hydroxylation sites is 2. The van der Waals surface area contributed by atoms with Gasteiger partial charge in [0.1, 0.15) is 103 Å². The third-order valence-corrected chi connectivity index (χ3v) is 20.7. The SMILES string of the molecule is COc1cccc(-c2onc(S(C)(=O)=O)c2C#N)c1.CSc1c(C#N)c(-c2cc(C(C)(C)C)oc2C)nn1C.Cn1nc(-c2ccccc2)cc1NS(=O)(=O)c1ccc(C#N)cc1.N#C/C(=C(/O)c1cccc(F)c1)c1nc2ccccc2s1.N#Cc1cnc(Sc2nc3ccccc3s2)nc1N. The van der Waals surface area contributed by atoms with Crippen molar-refractivity contribution in [2.24, 2.45) is 14.1 Å². The molecule has 0 unspecified atom stereocenters. The van der Waals surface area contributed by atoms with E-state index in [0.717, 1.165) is 58.7 Å². The van der Waals surface area contributed by atoms with E-state index in [0.29, 0.717) is 49.8 Å². The van der Waals surface area contributed by atoms with Gasteiger partial charge in [0, 0.05) is 54.1 Å². The predicted octanol–water partition coefficient (Wildman–Crippen LogP) is 15.3. The fourth-order valence-corrected chi connectivity index (χ4v) is 14.7. The quantitative estimate of drug-likeness (QED) is 0.0418. The van der Waals surface area contributed by atoms with E-state index >= 15 is 0 Å². The van der Waals surface area contributed by atoms with Gasteiger partial charge in [-0.2, -0.15) is 36.5 Å². The highest BCUT2D eigenvalue weighted by molar-refractivity contribution is 8.01.